The van der Waals surface area contributed by atoms with E-state index in [1.807, 2.05) is 0 Å². The van der Waals surface area contributed by atoms with Gasteiger partial charge in [-0.25, -0.2) is 4.39 Å². The zero-order chi connectivity index (χ0) is 13.0. The first-order valence-electron chi connectivity index (χ1n) is 5.33. The Kier molecular flexibility index (Phi) is 3.95. The first kappa shape index (κ1) is 12.6. The maximum absolute atomic E-state index is 13.3. The fourth-order valence-electron chi connectivity index (χ4n) is 1.46. The average Bonchev–Trinajstić information content (AvgIpc) is 2.38. The van der Waals surface area contributed by atoms with Crippen molar-refractivity contribution in [2.24, 2.45) is 0 Å². The van der Waals surface area contributed by atoms with Crippen molar-refractivity contribution in [1.29, 1.82) is 0 Å². The first-order valence-corrected chi connectivity index (χ1v) is 5.71. The van der Waals surface area contributed by atoms with Crippen LogP contribution >= 0.6 is 11.6 Å². The molecule has 0 bridgehead atoms. The Bertz CT molecular complexity index is 552. The molecular weight excluding hydrogens is 255 g/mol. The van der Waals surface area contributed by atoms with Crippen LogP contribution in [0.1, 0.15) is 15.9 Å². The minimum atomic E-state index is -0.518. The van der Waals surface area contributed by atoms with Crippen molar-refractivity contribution in [2.75, 3.05) is 0 Å². The van der Waals surface area contributed by atoms with Crippen LogP contribution in [0.4, 0.5) is 4.39 Å². The Balaban J connectivity index is 2.02. The van der Waals surface area contributed by atoms with Crippen LogP contribution in [0.5, 0.6) is 5.75 Å². The quantitative estimate of drug-likeness (QED) is 0.786. The summed E-state index contributed by atoms with van der Waals surface area (Å²) in [4.78, 5) is 10.9. The Labute approximate surface area is 109 Å². The van der Waals surface area contributed by atoms with E-state index in [2.05, 4.69) is 0 Å². The van der Waals surface area contributed by atoms with Crippen molar-refractivity contribution in [3.8, 4) is 5.75 Å². The van der Waals surface area contributed by atoms with Gasteiger partial charge in [0.1, 0.15) is 18.2 Å². The van der Waals surface area contributed by atoms with E-state index < -0.39 is 5.24 Å². The van der Waals surface area contributed by atoms with Gasteiger partial charge in [-0.05, 0) is 41.9 Å². The number of hydrogen-bond donors (Lipinski definition) is 0. The van der Waals surface area contributed by atoms with Gasteiger partial charge in [-0.3, -0.25) is 4.79 Å². The van der Waals surface area contributed by atoms with E-state index in [9.17, 15) is 9.18 Å². The molecule has 0 saturated carbocycles. The van der Waals surface area contributed by atoms with E-state index in [-0.39, 0.29) is 12.4 Å². The molecule has 0 aliphatic rings. The van der Waals surface area contributed by atoms with Crippen molar-refractivity contribution in [1.82, 2.24) is 0 Å². The van der Waals surface area contributed by atoms with Gasteiger partial charge in [0, 0.05) is 11.1 Å². The summed E-state index contributed by atoms with van der Waals surface area (Å²) in [5, 5.41) is -0.518. The molecule has 0 fully saturated rings. The van der Waals surface area contributed by atoms with Crippen molar-refractivity contribution in [2.45, 2.75) is 6.61 Å². The molecular formula is C14H10ClFO2. The topological polar surface area (TPSA) is 26.3 Å². The molecule has 0 N–H and O–H groups in total. The van der Waals surface area contributed by atoms with E-state index in [0.29, 0.717) is 16.9 Å². The van der Waals surface area contributed by atoms with Crippen LogP contribution in [0.15, 0.2) is 48.5 Å². The van der Waals surface area contributed by atoms with Gasteiger partial charge in [0.15, 0.2) is 0 Å². The number of carbonyl (C=O) groups is 1. The molecule has 4 heteroatoms. The average molecular weight is 265 g/mol. The summed E-state index contributed by atoms with van der Waals surface area (Å²) in [6.45, 7) is 0.140. The van der Waals surface area contributed by atoms with E-state index in [1.54, 1.807) is 42.5 Å². The number of carbonyl (C=O) groups excluding carboxylic acids is 1. The Hall–Kier alpha value is -1.87. The largest absolute Gasteiger partial charge is 0.489 e. The maximum Gasteiger partial charge on any atom is 0.252 e. The van der Waals surface area contributed by atoms with E-state index >= 15 is 0 Å². The molecule has 0 radical (unpaired) electrons. The number of halogens is 2. The molecule has 0 spiro atoms. The molecule has 18 heavy (non-hydrogen) atoms. The minimum absolute atomic E-state index is 0.140. The lowest BCUT2D eigenvalue weighted by Gasteiger charge is -2.07. The SMILES string of the molecule is O=C(Cl)c1ccc(OCc2ccccc2F)cc1. The number of rotatable bonds is 4. The molecule has 0 saturated heterocycles. The van der Waals surface area contributed by atoms with Gasteiger partial charge in [0.2, 0.25) is 0 Å². The van der Waals surface area contributed by atoms with Crippen molar-refractivity contribution < 1.29 is 13.9 Å². The van der Waals surface area contributed by atoms with E-state index in [4.69, 9.17) is 16.3 Å². The smallest absolute Gasteiger partial charge is 0.252 e. The lowest BCUT2D eigenvalue weighted by molar-refractivity contribution is 0.108. The summed E-state index contributed by atoms with van der Waals surface area (Å²) in [5.74, 6) is 0.255. The van der Waals surface area contributed by atoms with Crippen LogP contribution in [-0.4, -0.2) is 5.24 Å². The zero-order valence-electron chi connectivity index (χ0n) is 9.40. The predicted octanol–water partition coefficient (Wildman–Crippen LogP) is 3.78. The summed E-state index contributed by atoms with van der Waals surface area (Å²) in [5.41, 5.74) is 0.880. The fraction of sp³-hybridized carbons (Fsp3) is 0.0714. The Morgan fingerprint density at radius 2 is 1.78 bits per heavy atom. The summed E-state index contributed by atoms with van der Waals surface area (Å²) in [7, 11) is 0. The Morgan fingerprint density at radius 3 is 2.39 bits per heavy atom. The summed E-state index contributed by atoms with van der Waals surface area (Å²) in [6.07, 6.45) is 0. The third-order valence-corrected chi connectivity index (χ3v) is 2.65. The van der Waals surface area contributed by atoms with Gasteiger partial charge in [0.25, 0.3) is 5.24 Å². The molecule has 2 rings (SSSR count). The second kappa shape index (κ2) is 5.65. The monoisotopic (exact) mass is 264 g/mol. The molecule has 92 valence electrons. The normalized spacial score (nSPS) is 10.1. The molecule has 0 unspecified atom stereocenters. The van der Waals surface area contributed by atoms with Crippen LogP contribution < -0.4 is 4.74 Å². The van der Waals surface area contributed by atoms with Crippen molar-refractivity contribution >= 4 is 16.8 Å². The Morgan fingerprint density at radius 1 is 1.11 bits per heavy atom. The molecule has 0 aliphatic heterocycles. The maximum atomic E-state index is 13.3. The van der Waals surface area contributed by atoms with Crippen molar-refractivity contribution in [3.63, 3.8) is 0 Å². The highest BCUT2D eigenvalue weighted by molar-refractivity contribution is 6.67. The molecule has 0 amide bonds. The zero-order valence-corrected chi connectivity index (χ0v) is 10.2. The second-order valence-electron chi connectivity index (χ2n) is 3.68. The first-order chi connectivity index (χ1) is 8.66. The van der Waals surface area contributed by atoms with Crippen molar-refractivity contribution in [3.05, 3.63) is 65.5 Å². The van der Waals surface area contributed by atoms with Crippen LogP contribution in [0.3, 0.4) is 0 Å². The van der Waals surface area contributed by atoms with Gasteiger partial charge in [-0.2, -0.15) is 0 Å². The molecule has 2 aromatic rings. The fourth-order valence-corrected chi connectivity index (χ4v) is 1.58. The molecule has 0 heterocycles. The number of hydrogen-bond acceptors (Lipinski definition) is 2. The third kappa shape index (κ3) is 3.08. The second-order valence-corrected chi connectivity index (χ2v) is 4.02. The molecule has 0 aromatic heterocycles. The lowest BCUT2D eigenvalue weighted by atomic mass is 10.2. The number of benzene rings is 2. The third-order valence-electron chi connectivity index (χ3n) is 2.43. The van der Waals surface area contributed by atoms with Crippen LogP contribution in [-0.2, 0) is 6.61 Å². The molecule has 2 nitrogen and oxygen atoms in total. The minimum Gasteiger partial charge on any atom is -0.489 e. The summed E-state index contributed by atoms with van der Waals surface area (Å²) in [6, 6.07) is 12.8. The summed E-state index contributed by atoms with van der Waals surface area (Å²) >= 11 is 5.32. The van der Waals surface area contributed by atoms with Gasteiger partial charge in [-0.1, -0.05) is 18.2 Å². The van der Waals surface area contributed by atoms with Crippen LogP contribution in [0.25, 0.3) is 0 Å². The molecule has 0 aliphatic carbocycles. The van der Waals surface area contributed by atoms with Gasteiger partial charge in [0.05, 0.1) is 0 Å². The predicted molar refractivity (Wildman–Crippen MR) is 67.4 cm³/mol. The highest BCUT2D eigenvalue weighted by Gasteiger charge is 2.03. The molecule has 2 aromatic carbocycles. The van der Waals surface area contributed by atoms with E-state index in [1.165, 1.54) is 6.07 Å². The van der Waals surface area contributed by atoms with Gasteiger partial charge >= 0.3 is 0 Å². The van der Waals surface area contributed by atoms with Crippen LogP contribution in [0, 0.1) is 5.82 Å². The highest BCUT2D eigenvalue weighted by Crippen LogP contribution is 2.16. The highest BCUT2D eigenvalue weighted by atomic mass is 35.5. The number of ether oxygens (including phenoxy) is 1. The molecule has 0 atom stereocenters. The van der Waals surface area contributed by atoms with Gasteiger partial charge < -0.3 is 4.74 Å². The summed E-state index contributed by atoms with van der Waals surface area (Å²) < 4.78 is 18.7. The van der Waals surface area contributed by atoms with Gasteiger partial charge in [-0.15, -0.1) is 0 Å². The lowest BCUT2D eigenvalue weighted by Crippen LogP contribution is -1.98. The standard InChI is InChI=1S/C14H10ClFO2/c15-14(17)10-5-7-12(8-6-10)18-9-11-3-1-2-4-13(11)16/h1-8H,9H2. The van der Waals surface area contributed by atoms with E-state index in [0.717, 1.165) is 0 Å². The van der Waals surface area contributed by atoms with Crippen LogP contribution in [0.2, 0.25) is 0 Å².